The summed E-state index contributed by atoms with van der Waals surface area (Å²) in [6.45, 7) is 2.00. The van der Waals surface area contributed by atoms with Crippen molar-refractivity contribution in [1.29, 1.82) is 0 Å². The van der Waals surface area contributed by atoms with Gasteiger partial charge in [0.1, 0.15) is 6.79 Å². The molecule has 0 saturated heterocycles. The number of primary amides is 1. The molecule has 0 rings (SSSR count). The van der Waals surface area contributed by atoms with E-state index in [1.54, 1.807) is 0 Å². The van der Waals surface area contributed by atoms with E-state index in [-0.39, 0.29) is 0 Å². The van der Waals surface area contributed by atoms with Crippen LogP contribution >= 0.6 is 0 Å². The number of carbonyl (C=O) groups excluding carboxylic acids is 2. The summed E-state index contributed by atoms with van der Waals surface area (Å²) in [7, 11) is 0. The Labute approximate surface area is 40.1 Å². The lowest BCUT2D eigenvalue weighted by atomic mass is 11.2. The molecule has 0 aliphatic carbocycles. The Morgan fingerprint density at radius 2 is 1.86 bits per heavy atom. The third-order valence-corrected chi connectivity index (χ3v) is 0.110. The van der Waals surface area contributed by atoms with Gasteiger partial charge in [-0.2, -0.15) is 0 Å². The molecular formula is C2H6N2O3. The van der Waals surface area contributed by atoms with E-state index in [9.17, 15) is 4.79 Å². The number of urea groups is 1. The van der Waals surface area contributed by atoms with Crippen LogP contribution in [0.5, 0.6) is 0 Å². The van der Waals surface area contributed by atoms with E-state index >= 15 is 0 Å². The minimum atomic E-state index is -0.940. The Morgan fingerprint density at radius 3 is 1.86 bits per heavy atom. The van der Waals surface area contributed by atoms with Gasteiger partial charge in [0.25, 0.3) is 0 Å². The summed E-state index contributed by atoms with van der Waals surface area (Å²) < 4.78 is 0. The smallest absolute Gasteiger partial charge is 0.335 e. The number of nitrogens with two attached hydrogens (primary N) is 1. The molecule has 5 nitrogen and oxygen atoms in total. The molecule has 0 fully saturated rings. The highest BCUT2D eigenvalue weighted by Crippen LogP contribution is 1.38. The van der Waals surface area contributed by atoms with Gasteiger partial charge in [-0.15, -0.1) is 0 Å². The normalized spacial score (nSPS) is 5.29. The lowest BCUT2D eigenvalue weighted by molar-refractivity contribution is -0.0979. The third-order valence-electron chi connectivity index (χ3n) is 0.110. The maximum atomic E-state index is 9.23. The van der Waals surface area contributed by atoms with Crippen LogP contribution in [0.4, 0.5) is 4.79 Å². The average molecular weight is 106 g/mol. The van der Waals surface area contributed by atoms with Gasteiger partial charge >= 0.3 is 6.03 Å². The summed E-state index contributed by atoms with van der Waals surface area (Å²) in [5.74, 6) is 0. The van der Waals surface area contributed by atoms with Crippen molar-refractivity contribution in [3.05, 3.63) is 0 Å². The van der Waals surface area contributed by atoms with Crippen molar-refractivity contribution in [3.8, 4) is 0 Å². The number of rotatable bonds is 0. The third kappa shape index (κ3) is 50.9. The molecule has 0 unspecified atom stereocenters. The van der Waals surface area contributed by atoms with Crippen LogP contribution in [0.2, 0.25) is 0 Å². The summed E-state index contributed by atoms with van der Waals surface area (Å²) in [5, 5.41) is 7.42. The van der Waals surface area contributed by atoms with Crippen LogP contribution in [0.3, 0.4) is 0 Å². The van der Waals surface area contributed by atoms with Gasteiger partial charge in [0.2, 0.25) is 0 Å². The summed E-state index contributed by atoms with van der Waals surface area (Å²) in [5.41, 5.74) is 5.46. The van der Waals surface area contributed by atoms with Gasteiger partial charge in [0.05, 0.1) is 0 Å². The first kappa shape index (κ1) is 9.31. The quantitative estimate of drug-likeness (QED) is 0.269. The molecule has 0 spiro atoms. The first-order valence-corrected chi connectivity index (χ1v) is 1.26. The minimum absolute atomic E-state index is 0.940. The highest BCUT2D eigenvalue weighted by molar-refractivity contribution is 5.69. The second-order valence-corrected chi connectivity index (χ2v) is 0.476. The predicted molar refractivity (Wildman–Crippen MR) is 21.6 cm³/mol. The SMILES string of the molecule is C=O.NC(=O)NO. The molecule has 7 heavy (non-hydrogen) atoms. The number of carbonyl (C=O) groups is 2. The van der Waals surface area contributed by atoms with Gasteiger partial charge < -0.3 is 10.5 Å². The van der Waals surface area contributed by atoms with Crippen molar-refractivity contribution in [2.75, 3.05) is 0 Å². The predicted octanol–water partition coefficient (Wildman–Crippen LogP) is -1.14. The van der Waals surface area contributed by atoms with Crippen molar-refractivity contribution < 1.29 is 14.8 Å². The molecule has 0 saturated carbocycles. The number of hydroxylamine groups is 1. The zero-order valence-electron chi connectivity index (χ0n) is 3.55. The highest BCUT2D eigenvalue weighted by Gasteiger charge is 1.75. The van der Waals surface area contributed by atoms with Gasteiger partial charge in [0, 0.05) is 0 Å². The summed E-state index contributed by atoms with van der Waals surface area (Å²) in [4.78, 5) is 17.2. The van der Waals surface area contributed by atoms with Gasteiger partial charge in [0.15, 0.2) is 0 Å². The van der Waals surface area contributed by atoms with E-state index in [0.29, 0.717) is 0 Å². The largest absolute Gasteiger partial charge is 0.350 e. The second-order valence-electron chi connectivity index (χ2n) is 0.476. The summed E-state index contributed by atoms with van der Waals surface area (Å²) in [6, 6.07) is -0.940. The molecule has 0 aromatic carbocycles. The van der Waals surface area contributed by atoms with Crippen LogP contribution < -0.4 is 11.2 Å². The van der Waals surface area contributed by atoms with E-state index in [1.165, 1.54) is 5.48 Å². The van der Waals surface area contributed by atoms with Crippen molar-refractivity contribution in [2.24, 2.45) is 5.73 Å². The molecule has 0 aromatic heterocycles. The highest BCUT2D eigenvalue weighted by atomic mass is 16.5. The van der Waals surface area contributed by atoms with Gasteiger partial charge in [-0.1, -0.05) is 0 Å². The molecular weight excluding hydrogens is 100 g/mol. The maximum Gasteiger partial charge on any atom is 0.335 e. The van der Waals surface area contributed by atoms with Crippen LogP contribution in [0, 0.1) is 0 Å². The number of hydrogen-bond donors (Lipinski definition) is 3. The molecule has 5 heteroatoms. The minimum Gasteiger partial charge on any atom is -0.350 e. The monoisotopic (exact) mass is 106 g/mol. The van der Waals surface area contributed by atoms with E-state index in [1.807, 2.05) is 6.79 Å². The Bertz CT molecular complexity index is 54.9. The zero-order chi connectivity index (χ0) is 6.28. The van der Waals surface area contributed by atoms with Crippen molar-refractivity contribution >= 4 is 12.8 Å². The van der Waals surface area contributed by atoms with Gasteiger partial charge in [-0.25, -0.2) is 10.3 Å². The molecule has 0 bridgehead atoms. The van der Waals surface area contributed by atoms with Crippen molar-refractivity contribution in [1.82, 2.24) is 5.48 Å². The number of amides is 2. The lowest BCUT2D eigenvalue weighted by Gasteiger charge is -1.79. The van der Waals surface area contributed by atoms with E-state index in [0.717, 1.165) is 0 Å². The Morgan fingerprint density at radius 1 is 1.71 bits per heavy atom. The number of hydrogen-bond acceptors (Lipinski definition) is 3. The fraction of sp³-hybridized carbons (Fsp3) is 0. The zero-order valence-corrected chi connectivity index (χ0v) is 3.55. The van der Waals surface area contributed by atoms with Gasteiger partial charge in [-0.3, -0.25) is 5.21 Å². The molecule has 0 aliphatic heterocycles. The fourth-order valence-corrected chi connectivity index (χ4v) is 0. The lowest BCUT2D eigenvalue weighted by Crippen LogP contribution is -2.25. The Hall–Kier alpha value is -1.10. The van der Waals surface area contributed by atoms with Crippen molar-refractivity contribution in [2.45, 2.75) is 0 Å². The molecule has 42 valence electrons. The van der Waals surface area contributed by atoms with Gasteiger partial charge in [-0.05, 0) is 0 Å². The van der Waals surface area contributed by atoms with Crippen molar-refractivity contribution in [3.63, 3.8) is 0 Å². The summed E-state index contributed by atoms with van der Waals surface area (Å²) in [6.07, 6.45) is 0. The van der Waals surface area contributed by atoms with Crippen LogP contribution in [0.15, 0.2) is 0 Å². The standard InChI is InChI=1S/CH4N2O2.CH2O/c2-1(4)3-5;1-2/h5H,(H3,2,3,4);1H2. The van der Waals surface area contributed by atoms with E-state index < -0.39 is 6.03 Å². The van der Waals surface area contributed by atoms with E-state index in [4.69, 9.17) is 10.0 Å². The maximum absolute atomic E-state index is 9.23. The van der Waals surface area contributed by atoms with Crippen LogP contribution in [-0.2, 0) is 4.79 Å². The molecule has 2 amide bonds. The Kier molecular flexibility index (Phi) is 11.8. The van der Waals surface area contributed by atoms with Crippen LogP contribution in [-0.4, -0.2) is 18.0 Å². The first-order valence-electron chi connectivity index (χ1n) is 1.26. The first-order chi connectivity index (χ1) is 3.27. The van der Waals surface area contributed by atoms with Crippen LogP contribution in [0.1, 0.15) is 0 Å². The fourth-order valence-electron chi connectivity index (χ4n) is 0. The summed E-state index contributed by atoms with van der Waals surface area (Å²) >= 11 is 0. The second kappa shape index (κ2) is 8.86. The van der Waals surface area contributed by atoms with E-state index in [2.05, 4.69) is 5.73 Å². The molecule has 4 N–H and O–H groups in total. The number of nitrogens with one attached hydrogen (secondary N) is 1. The molecule has 0 radical (unpaired) electrons. The molecule has 0 aromatic rings. The molecule has 0 heterocycles. The molecule has 0 aliphatic rings. The average Bonchev–Trinajstić information content (AvgIpc) is 1.73. The molecule has 0 atom stereocenters. The topological polar surface area (TPSA) is 92.4 Å². The Balaban J connectivity index is 0. The van der Waals surface area contributed by atoms with Crippen LogP contribution in [0.25, 0.3) is 0 Å².